The van der Waals surface area contributed by atoms with E-state index in [1.807, 2.05) is 0 Å². The number of alkyl halides is 6. The van der Waals surface area contributed by atoms with Crippen LogP contribution in [0.4, 0.5) is 32.2 Å². The average Bonchev–Trinajstić information content (AvgIpc) is 2.81. The van der Waals surface area contributed by atoms with Crippen LogP contribution in [0.2, 0.25) is 0 Å². The topological polar surface area (TPSA) is 62.7 Å². The molecule has 198 valence electrons. The summed E-state index contributed by atoms with van der Waals surface area (Å²) in [6, 6.07) is 13.1. The number of aromatic nitrogens is 1. The monoisotopic (exact) mass is 526 g/mol. The van der Waals surface area contributed by atoms with Gasteiger partial charge in [-0.05, 0) is 67.8 Å². The van der Waals surface area contributed by atoms with Crippen molar-refractivity contribution < 1.29 is 41.0 Å². The van der Waals surface area contributed by atoms with Crippen molar-refractivity contribution in [3.63, 3.8) is 0 Å². The quantitative estimate of drug-likeness (QED) is 0.318. The van der Waals surface area contributed by atoms with Crippen molar-refractivity contribution >= 4 is 11.8 Å². The van der Waals surface area contributed by atoms with Gasteiger partial charge < -0.3 is 14.7 Å². The number of carboxylic acids is 1. The van der Waals surface area contributed by atoms with E-state index >= 15 is 0 Å². The van der Waals surface area contributed by atoms with Crippen LogP contribution in [0.25, 0.3) is 0 Å². The third kappa shape index (κ3) is 7.37. The van der Waals surface area contributed by atoms with Crippen LogP contribution in [0.15, 0.2) is 66.9 Å². The van der Waals surface area contributed by atoms with Crippen LogP contribution in [-0.4, -0.2) is 28.2 Å². The molecule has 0 spiro atoms. The van der Waals surface area contributed by atoms with Crippen molar-refractivity contribution in [1.82, 2.24) is 4.98 Å². The van der Waals surface area contributed by atoms with Crippen molar-refractivity contribution in [3.05, 3.63) is 89.1 Å². The van der Waals surface area contributed by atoms with Crippen LogP contribution < -0.4 is 9.64 Å². The summed E-state index contributed by atoms with van der Waals surface area (Å²) in [7, 11) is 0. The van der Waals surface area contributed by atoms with Crippen LogP contribution in [0.1, 0.15) is 36.1 Å². The molecule has 0 amide bonds. The molecule has 0 aliphatic heterocycles. The van der Waals surface area contributed by atoms with E-state index in [9.17, 15) is 36.2 Å². The van der Waals surface area contributed by atoms with E-state index in [0.717, 1.165) is 11.6 Å². The van der Waals surface area contributed by atoms with Crippen molar-refractivity contribution in [2.24, 2.45) is 0 Å². The van der Waals surface area contributed by atoms with Crippen molar-refractivity contribution in [2.45, 2.75) is 44.8 Å². The fraction of sp³-hybridized carbons (Fsp3) is 0.308. The molecule has 0 unspecified atom stereocenters. The average molecular weight is 526 g/mol. The maximum Gasteiger partial charge on any atom is 0.416 e. The SMILES string of the molecule is CC(C)(Oc1ccc(CCN(Cc2ccc(C(F)(F)F)cc2C(F)(F)F)c2ccccn2)cc1)C(=O)O. The van der Waals surface area contributed by atoms with Gasteiger partial charge in [-0.2, -0.15) is 26.3 Å². The first-order valence-corrected chi connectivity index (χ1v) is 11.1. The van der Waals surface area contributed by atoms with Gasteiger partial charge in [0, 0.05) is 19.3 Å². The number of anilines is 1. The third-order valence-corrected chi connectivity index (χ3v) is 5.56. The Labute approximate surface area is 209 Å². The number of carboxylic acid groups (broad SMARTS) is 1. The number of benzene rings is 2. The molecule has 5 nitrogen and oxygen atoms in total. The van der Waals surface area contributed by atoms with Gasteiger partial charge in [0.25, 0.3) is 0 Å². The van der Waals surface area contributed by atoms with Crippen molar-refractivity contribution in [3.8, 4) is 5.75 Å². The second-order valence-electron chi connectivity index (χ2n) is 8.79. The Hall–Kier alpha value is -3.76. The molecule has 37 heavy (non-hydrogen) atoms. The zero-order valence-electron chi connectivity index (χ0n) is 19.9. The lowest BCUT2D eigenvalue weighted by Gasteiger charge is -2.26. The van der Waals surface area contributed by atoms with Gasteiger partial charge in [-0.25, -0.2) is 9.78 Å². The van der Waals surface area contributed by atoms with E-state index in [0.29, 0.717) is 24.1 Å². The number of rotatable bonds is 9. The van der Waals surface area contributed by atoms with Crippen LogP contribution in [0, 0.1) is 0 Å². The lowest BCUT2D eigenvalue weighted by atomic mass is 10.0. The maximum absolute atomic E-state index is 13.7. The summed E-state index contributed by atoms with van der Waals surface area (Å²) in [5.41, 5.74) is -3.70. The number of carbonyl (C=O) groups is 1. The molecule has 0 bridgehead atoms. The van der Waals surface area contributed by atoms with Gasteiger partial charge in [0.1, 0.15) is 11.6 Å². The fourth-order valence-corrected chi connectivity index (χ4v) is 3.50. The second-order valence-corrected chi connectivity index (χ2v) is 8.79. The third-order valence-electron chi connectivity index (χ3n) is 5.56. The van der Waals surface area contributed by atoms with Crippen LogP contribution in [-0.2, 0) is 30.1 Å². The minimum absolute atomic E-state index is 0.128. The van der Waals surface area contributed by atoms with Gasteiger partial charge in [0.05, 0.1) is 11.1 Å². The first-order chi connectivity index (χ1) is 17.2. The zero-order chi connectivity index (χ0) is 27.4. The number of nitrogens with zero attached hydrogens (tertiary/aromatic N) is 2. The molecule has 0 saturated heterocycles. The largest absolute Gasteiger partial charge is 0.478 e. The van der Waals surface area contributed by atoms with E-state index in [1.54, 1.807) is 47.4 Å². The molecule has 2 aromatic carbocycles. The molecule has 1 heterocycles. The Balaban J connectivity index is 1.84. The Kier molecular flexibility index (Phi) is 8.04. The molecule has 3 aromatic rings. The number of pyridine rings is 1. The molecule has 0 radical (unpaired) electrons. The summed E-state index contributed by atoms with van der Waals surface area (Å²) in [5.74, 6) is -0.444. The van der Waals surface area contributed by atoms with Crippen molar-refractivity contribution in [1.29, 1.82) is 0 Å². The van der Waals surface area contributed by atoms with Gasteiger partial charge in [0.2, 0.25) is 0 Å². The summed E-state index contributed by atoms with van der Waals surface area (Å²) >= 11 is 0. The number of ether oxygens (including phenoxy) is 1. The summed E-state index contributed by atoms with van der Waals surface area (Å²) in [4.78, 5) is 17.0. The molecule has 0 fully saturated rings. The lowest BCUT2D eigenvalue weighted by molar-refractivity contribution is -0.152. The van der Waals surface area contributed by atoms with E-state index in [4.69, 9.17) is 4.74 Å². The van der Waals surface area contributed by atoms with E-state index in [-0.39, 0.29) is 24.7 Å². The van der Waals surface area contributed by atoms with Gasteiger partial charge >= 0.3 is 18.3 Å². The summed E-state index contributed by atoms with van der Waals surface area (Å²) in [6.07, 6.45) is -8.06. The molecule has 0 aliphatic rings. The molecule has 3 rings (SSSR count). The predicted octanol–water partition coefficient (Wildman–Crippen LogP) is 6.61. The predicted molar refractivity (Wildman–Crippen MR) is 124 cm³/mol. The smallest absolute Gasteiger partial charge is 0.416 e. The molecule has 0 saturated carbocycles. The summed E-state index contributed by atoms with van der Waals surface area (Å²) in [5, 5.41) is 9.19. The van der Waals surface area contributed by atoms with Gasteiger partial charge in [-0.3, -0.25) is 0 Å². The zero-order valence-corrected chi connectivity index (χ0v) is 19.9. The molecule has 1 N–H and O–H groups in total. The Morgan fingerprint density at radius 2 is 1.62 bits per heavy atom. The highest BCUT2D eigenvalue weighted by atomic mass is 19.4. The Bertz CT molecular complexity index is 1210. The van der Waals surface area contributed by atoms with Crippen molar-refractivity contribution in [2.75, 3.05) is 11.4 Å². The minimum atomic E-state index is -4.98. The standard InChI is InChI=1S/C26H24F6N2O3/c1-24(2,23(35)36)37-20-10-6-17(7-11-20)12-14-34(22-5-3-4-13-33-22)16-18-8-9-19(25(27,28)29)15-21(18)26(30,31)32/h3-11,13,15H,12,14,16H2,1-2H3,(H,35,36). The van der Waals surface area contributed by atoms with Gasteiger partial charge in [-0.15, -0.1) is 0 Å². The van der Waals surface area contributed by atoms with E-state index < -0.39 is 35.0 Å². The maximum atomic E-state index is 13.7. The summed E-state index contributed by atoms with van der Waals surface area (Å²) < 4.78 is 85.7. The number of halogens is 6. The molecular weight excluding hydrogens is 502 g/mol. The van der Waals surface area contributed by atoms with Crippen LogP contribution >= 0.6 is 0 Å². The molecule has 11 heteroatoms. The molecule has 1 aromatic heterocycles. The number of hydrogen-bond acceptors (Lipinski definition) is 4. The normalized spacial score (nSPS) is 12.3. The number of aliphatic carboxylic acids is 1. The highest BCUT2D eigenvalue weighted by Gasteiger charge is 2.38. The highest BCUT2D eigenvalue weighted by Crippen LogP contribution is 2.38. The molecule has 0 atom stereocenters. The molecule has 0 aliphatic carbocycles. The first kappa shape index (κ1) is 27.8. The van der Waals surface area contributed by atoms with E-state index in [2.05, 4.69) is 4.98 Å². The lowest BCUT2D eigenvalue weighted by Crippen LogP contribution is -2.37. The fourth-order valence-electron chi connectivity index (χ4n) is 3.50. The second kappa shape index (κ2) is 10.7. The van der Waals surface area contributed by atoms with Gasteiger partial charge in [0.15, 0.2) is 5.60 Å². The van der Waals surface area contributed by atoms with Crippen LogP contribution in [0.5, 0.6) is 5.75 Å². The molecular formula is C26H24F6N2O3. The first-order valence-electron chi connectivity index (χ1n) is 11.1. The number of hydrogen-bond donors (Lipinski definition) is 1. The minimum Gasteiger partial charge on any atom is -0.478 e. The van der Waals surface area contributed by atoms with E-state index in [1.165, 1.54) is 20.0 Å². The summed E-state index contributed by atoms with van der Waals surface area (Å²) in [6.45, 7) is 2.70. The van der Waals surface area contributed by atoms with Crippen LogP contribution in [0.3, 0.4) is 0 Å². The Morgan fingerprint density at radius 1 is 0.946 bits per heavy atom. The highest BCUT2D eigenvalue weighted by molar-refractivity contribution is 5.76. The Morgan fingerprint density at radius 3 is 2.16 bits per heavy atom. The van der Waals surface area contributed by atoms with Gasteiger partial charge in [-0.1, -0.05) is 24.3 Å².